The summed E-state index contributed by atoms with van der Waals surface area (Å²) >= 11 is 0. The van der Waals surface area contributed by atoms with Crippen LogP contribution in [0.15, 0.2) is 18.2 Å². The van der Waals surface area contributed by atoms with Gasteiger partial charge < -0.3 is 5.32 Å². The molecule has 0 fully saturated rings. The molecule has 1 amide bonds. The molecule has 0 bridgehead atoms. The normalized spacial score (nSPS) is 16.0. The summed E-state index contributed by atoms with van der Waals surface area (Å²) in [6.45, 7) is 4.56. The molecule has 2 rings (SSSR count). The molecule has 0 saturated heterocycles. The average Bonchev–Trinajstić information content (AvgIpc) is 2.36. The Bertz CT molecular complexity index is 623. The molecule has 5 nitrogen and oxygen atoms in total. The first kappa shape index (κ1) is 15.0. The number of carbonyl (C=O) groups excluding carboxylic acids is 1. The molecular weight excluding hydrogens is 276 g/mol. The van der Waals surface area contributed by atoms with E-state index in [0.29, 0.717) is 19.5 Å². The number of carbonyl (C=O) groups is 1. The van der Waals surface area contributed by atoms with Gasteiger partial charge in [0.1, 0.15) is 0 Å². The Morgan fingerprint density at radius 1 is 1.30 bits per heavy atom. The van der Waals surface area contributed by atoms with Gasteiger partial charge in [-0.25, -0.2) is 8.42 Å². The third-order valence-electron chi connectivity index (χ3n) is 3.44. The number of sulfonamides is 1. The number of fused-ring (bicyclic) bond motifs is 1. The second kappa shape index (κ2) is 5.54. The fraction of sp³-hybridized carbons (Fsp3) is 0.500. The van der Waals surface area contributed by atoms with Gasteiger partial charge in [0.15, 0.2) is 0 Å². The number of amides is 1. The minimum Gasteiger partial charge on any atom is -0.326 e. The molecule has 0 aliphatic carbocycles. The Hall–Kier alpha value is -1.40. The first-order chi connectivity index (χ1) is 9.27. The fourth-order valence-electron chi connectivity index (χ4n) is 2.18. The summed E-state index contributed by atoms with van der Waals surface area (Å²) in [6.07, 6.45) is 1.93. The van der Waals surface area contributed by atoms with Crippen molar-refractivity contribution in [2.45, 2.75) is 26.8 Å². The predicted octanol–water partition coefficient (Wildman–Crippen LogP) is 1.60. The first-order valence-electron chi connectivity index (χ1n) is 6.65. The van der Waals surface area contributed by atoms with E-state index < -0.39 is 10.0 Å². The van der Waals surface area contributed by atoms with Crippen LogP contribution in [-0.2, 0) is 27.8 Å². The van der Waals surface area contributed by atoms with Gasteiger partial charge in [-0.1, -0.05) is 19.9 Å². The molecule has 1 aliphatic rings. The van der Waals surface area contributed by atoms with Gasteiger partial charge in [0.25, 0.3) is 0 Å². The smallest absolute Gasteiger partial charge is 0.226 e. The Labute approximate surface area is 120 Å². The number of hydrogen-bond acceptors (Lipinski definition) is 3. The van der Waals surface area contributed by atoms with Gasteiger partial charge >= 0.3 is 0 Å². The summed E-state index contributed by atoms with van der Waals surface area (Å²) in [5.74, 6) is -0.126. The highest BCUT2D eigenvalue weighted by Gasteiger charge is 2.23. The van der Waals surface area contributed by atoms with Crippen molar-refractivity contribution in [3.8, 4) is 0 Å². The van der Waals surface area contributed by atoms with Crippen LogP contribution in [0.2, 0.25) is 0 Å². The molecule has 1 aliphatic heterocycles. The van der Waals surface area contributed by atoms with Gasteiger partial charge in [-0.15, -0.1) is 0 Å². The lowest BCUT2D eigenvalue weighted by Gasteiger charge is -2.27. The highest BCUT2D eigenvalue weighted by molar-refractivity contribution is 7.88. The SMILES string of the molecule is CC(C)C(=O)Nc1ccc2c(c1)CN(S(C)(=O)=O)CC2. The van der Waals surface area contributed by atoms with Crippen LogP contribution in [0.5, 0.6) is 0 Å². The molecule has 0 radical (unpaired) electrons. The third kappa shape index (κ3) is 3.37. The van der Waals surface area contributed by atoms with E-state index in [-0.39, 0.29) is 11.8 Å². The fourth-order valence-corrected chi connectivity index (χ4v) is 2.98. The van der Waals surface area contributed by atoms with Crippen LogP contribution in [-0.4, -0.2) is 31.4 Å². The van der Waals surface area contributed by atoms with Crippen LogP contribution < -0.4 is 5.32 Å². The molecule has 6 heteroatoms. The van der Waals surface area contributed by atoms with Crippen LogP contribution in [0.4, 0.5) is 5.69 Å². The van der Waals surface area contributed by atoms with E-state index in [0.717, 1.165) is 16.8 Å². The summed E-state index contributed by atoms with van der Waals surface area (Å²) in [5.41, 5.74) is 2.83. The van der Waals surface area contributed by atoms with Crippen LogP contribution >= 0.6 is 0 Å². The Morgan fingerprint density at radius 2 is 2.00 bits per heavy atom. The minimum atomic E-state index is -3.17. The van der Waals surface area contributed by atoms with Crippen LogP contribution in [0, 0.1) is 5.92 Å². The molecule has 0 spiro atoms. The monoisotopic (exact) mass is 296 g/mol. The Balaban J connectivity index is 2.21. The largest absolute Gasteiger partial charge is 0.326 e. The molecule has 0 unspecified atom stereocenters. The number of benzene rings is 1. The van der Waals surface area contributed by atoms with Crippen molar-refractivity contribution in [2.75, 3.05) is 18.1 Å². The van der Waals surface area contributed by atoms with Crippen molar-refractivity contribution in [2.24, 2.45) is 5.92 Å². The molecule has 0 saturated carbocycles. The van der Waals surface area contributed by atoms with Crippen molar-refractivity contribution in [3.05, 3.63) is 29.3 Å². The van der Waals surface area contributed by atoms with E-state index in [1.807, 2.05) is 32.0 Å². The number of hydrogen-bond donors (Lipinski definition) is 1. The van der Waals surface area contributed by atoms with E-state index in [9.17, 15) is 13.2 Å². The Kier molecular flexibility index (Phi) is 4.15. The summed E-state index contributed by atoms with van der Waals surface area (Å²) in [6, 6.07) is 5.70. The maximum Gasteiger partial charge on any atom is 0.226 e. The van der Waals surface area contributed by atoms with Gasteiger partial charge in [-0.05, 0) is 29.7 Å². The number of nitrogens with one attached hydrogen (secondary N) is 1. The summed E-state index contributed by atoms with van der Waals surface area (Å²) in [7, 11) is -3.17. The van der Waals surface area contributed by atoms with Gasteiger partial charge in [-0.2, -0.15) is 4.31 Å². The topological polar surface area (TPSA) is 66.5 Å². The summed E-state index contributed by atoms with van der Waals surface area (Å²) < 4.78 is 24.7. The molecular formula is C14H20N2O3S. The van der Waals surface area contributed by atoms with E-state index in [4.69, 9.17) is 0 Å². The maximum atomic E-state index is 11.7. The molecule has 1 aromatic rings. The average molecular weight is 296 g/mol. The van der Waals surface area contributed by atoms with Crippen molar-refractivity contribution >= 4 is 21.6 Å². The maximum absolute atomic E-state index is 11.7. The highest BCUT2D eigenvalue weighted by Crippen LogP contribution is 2.24. The molecule has 20 heavy (non-hydrogen) atoms. The van der Waals surface area contributed by atoms with Gasteiger partial charge in [0, 0.05) is 24.7 Å². The van der Waals surface area contributed by atoms with Crippen molar-refractivity contribution in [3.63, 3.8) is 0 Å². The van der Waals surface area contributed by atoms with Gasteiger partial charge in [-0.3, -0.25) is 4.79 Å². The van der Waals surface area contributed by atoms with Crippen LogP contribution in [0.25, 0.3) is 0 Å². The van der Waals surface area contributed by atoms with E-state index in [2.05, 4.69) is 5.32 Å². The highest BCUT2D eigenvalue weighted by atomic mass is 32.2. The quantitative estimate of drug-likeness (QED) is 0.921. The van der Waals surface area contributed by atoms with Crippen molar-refractivity contribution in [1.29, 1.82) is 0 Å². The van der Waals surface area contributed by atoms with Crippen molar-refractivity contribution in [1.82, 2.24) is 4.31 Å². The third-order valence-corrected chi connectivity index (χ3v) is 4.69. The number of anilines is 1. The molecule has 110 valence electrons. The van der Waals surface area contributed by atoms with E-state index in [1.165, 1.54) is 10.6 Å². The lowest BCUT2D eigenvalue weighted by Crippen LogP contribution is -2.35. The predicted molar refractivity (Wildman–Crippen MR) is 78.9 cm³/mol. The summed E-state index contributed by atoms with van der Waals surface area (Å²) in [4.78, 5) is 11.7. The lowest BCUT2D eigenvalue weighted by molar-refractivity contribution is -0.118. The first-order valence-corrected chi connectivity index (χ1v) is 8.50. The Morgan fingerprint density at radius 3 is 2.60 bits per heavy atom. The zero-order valence-electron chi connectivity index (χ0n) is 12.0. The molecule has 1 aromatic carbocycles. The second-order valence-electron chi connectivity index (χ2n) is 5.47. The molecule has 0 atom stereocenters. The van der Waals surface area contributed by atoms with E-state index in [1.54, 1.807) is 0 Å². The van der Waals surface area contributed by atoms with Gasteiger partial charge in [0.2, 0.25) is 15.9 Å². The summed E-state index contributed by atoms with van der Waals surface area (Å²) in [5, 5.41) is 2.84. The molecule has 0 aromatic heterocycles. The van der Waals surface area contributed by atoms with Crippen LogP contribution in [0.3, 0.4) is 0 Å². The van der Waals surface area contributed by atoms with Crippen LogP contribution in [0.1, 0.15) is 25.0 Å². The number of nitrogens with zero attached hydrogens (tertiary/aromatic N) is 1. The molecule has 1 heterocycles. The lowest BCUT2D eigenvalue weighted by atomic mass is 10.0. The zero-order chi connectivity index (χ0) is 14.9. The minimum absolute atomic E-state index is 0.0410. The van der Waals surface area contributed by atoms with Crippen molar-refractivity contribution < 1.29 is 13.2 Å². The van der Waals surface area contributed by atoms with E-state index >= 15 is 0 Å². The second-order valence-corrected chi connectivity index (χ2v) is 7.46. The van der Waals surface area contributed by atoms with Gasteiger partial charge in [0.05, 0.1) is 6.26 Å². The molecule has 1 N–H and O–H groups in total. The standard InChI is InChI=1S/C14H20N2O3S/c1-10(2)14(17)15-13-5-4-11-6-7-16(20(3,18)19)9-12(11)8-13/h4-5,8,10H,6-7,9H2,1-3H3,(H,15,17). The zero-order valence-corrected chi connectivity index (χ0v) is 12.8. The number of rotatable bonds is 3.